The molecule has 3 aromatic rings. The molecule has 0 heterocycles. The molecule has 0 aromatic heterocycles. The molecule has 10 heteroatoms. The van der Waals surface area contributed by atoms with Gasteiger partial charge >= 0.3 is 6.18 Å². The van der Waals surface area contributed by atoms with Crippen molar-refractivity contribution in [1.29, 1.82) is 0 Å². The first-order valence-electron chi connectivity index (χ1n) is 14.5. The summed E-state index contributed by atoms with van der Waals surface area (Å²) in [6.07, 6.45) is -0.754. The zero-order chi connectivity index (χ0) is 31.2. The number of anilines is 2. The van der Waals surface area contributed by atoms with Gasteiger partial charge in [0.1, 0.15) is 5.60 Å². The summed E-state index contributed by atoms with van der Waals surface area (Å²) in [6, 6.07) is 17.8. The van der Waals surface area contributed by atoms with Crippen LogP contribution in [0.15, 0.2) is 66.7 Å². The van der Waals surface area contributed by atoms with E-state index in [1.54, 1.807) is 18.2 Å². The highest BCUT2D eigenvalue weighted by Gasteiger charge is 2.44. The maximum absolute atomic E-state index is 13.7. The van der Waals surface area contributed by atoms with Gasteiger partial charge in [0.05, 0.1) is 5.56 Å². The number of hydrogen-bond donors (Lipinski definition) is 4. The maximum atomic E-state index is 13.7. The summed E-state index contributed by atoms with van der Waals surface area (Å²) in [6.45, 7) is 1.23. The van der Waals surface area contributed by atoms with E-state index in [9.17, 15) is 27.9 Å². The van der Waals surface area contributed by atoms with Crippen LogP contribution >= 0.6 is 0 Å². The van der Waals surface area contributed by atoms with E-state index < -0.39 is 28.9 Å². The Morgan fingerprint density at radius 3 is 2.30 bits per heavy atom. The van der Waals surface area contributed by atoms with Gasteiger partial charge in [0, 0.05) is 36.4 Å². The molecule has 1 fully saturated rings. The van der Waals surface area contributed by atoms with Gasteiger partial charge in [-0.25, -0.2) is 0 Å². The van der Waals surface area contributed by atoms with E-state index in [1.165, 1.54) is 6.07 Å². The highest BCUT2D eigenvalue weighted by Crippen LogP contribution is 2.38. The number of benzene rings is 3. The Bertz CT molecular complexity index is 1440. The van der Waals surface area contributed by atoms with Crippen molar-refractivity contribution in [1.82, 2.24) is 10.2 Å². The van der Waals surface area contributed by atoms with Crippen LogP contribution < -0.4 is 16.4 Å². The largest absolute Gasteiger partial charge is 0.418 e. The van der Waals surface area contributed by atoms with Crippen LogP contribution in [-0.4, -0.2) is 54.6 Å². The minimum atomic E-state index is -4.69. The Hall–Kier alpha value is -3.89. The lowest BCUT2D eigenvalue weighted by atomic mass is 9.73. The van der Waals surface area contributed by atoms with E-state index in [2.05, 4.69) is 10.6 Å². The minimum absolute atomic E-state index is 0.0247. The SMILES string of the molecule is CN(C)CCNC(=O)c1cccc(-c2cccc(CC(O)(C(=O)Nc3ccc(N)c(C(F)(F)F)c3)C3CCCCC3)c2)c1. The van der Waals surface area contributed by atoms with E-state index in [0.717, 1.165) is 42.5 Å². The van der Waals surface area contributed by atoms with Gasteiger partial charge < -0.3 is 26.4 Å². The zero-order valence-corrected chi connectivity index (χ0v) is 24.5. The van der Waals surface area contributed by atoms with Crippen LogP contribution in [0.4, 0.5) is 24.5 Å². The van der Waals surface area contributed by atoms with Crippen molar-refractivity contribution in [2.75, 3.05) is 38.2 Å². The number of hydrogen-bond acceptors (Lipinski definition) is 5. The van der Waals surface area contributed by atoms with Gasteiger partial charge in [0.15, 0.2) is 0 Å². The van der Waals surface area contributed by atoms with Crippen LogP contribution in [0.2, 0.25) is 0 Å². The predicted molar refractivity (Wildman–Crippen MR) is 162 cm³/mol. The van der Waals surface area contributed by atoms with Gasteiger partial charge in [-0.15, -0.1) is 0 Å². The summed E-state index contributed by atoms with van der Waals surface area (Å²) in [7, 11) is 3.86. The Kier molecular flexibility index (Phi) is 10.1. The van der Waals surface area contributed by atoms with Crippen LogP contribution in [0, 0.1) is 5.92 Å². The second-order valence-electron chi connectivity index (χ2n) is 11.5. The molecule has 0 radical (unpaired) electrons. The fourth-order valence-electron chi connectivity index (χ4n) is 5.62. The molecule has 1 atom stereocenters. The molecule has 3 aromatic carbocycles. The Morgan fingerprint density at radius 1 is 0.953 bits per heavy atom. The van der Waals surface area contributed by atoms with E-state index in [0.29, 0.717) is 37.1 Å². The Labute approximate surface area is 250 Å². The van der Waals surface area contributed by atoms with Crippen molar-refractivity contribution < 1.29 is 27.9 Å². The first-order valence-corrected chi connectivity index (χ1v) is 14.5. The number of amides is 2. The number of carbonyl (C=O) groups is 2. The molecular weight excluding hydrogens is 557 g/mol. The van der Waals surface area contributed by atoms with Crippen LogP contribution in [0.25, 0.3) is 11.1 Å². The first-order chi connectivity index (χ1) is 20.4. The van der Waals surface area contributed by atoms with Crippen LogP contribution in [0.5, 0.6) is 0 Å². The molecule has 0 spiro atoms. The molecule has 1 aliphatic rings. The average Bonchev–Trinajstić information content (AvgIpc) is 2.98. The van der Waals surface area contributed by atoms with Crippen molar-refractivity contribution in [3.05, 3.63) is 83.4 Å². The number of likely N-dealkylation sites (N-methyl/N-ethyl adjacent to an activating group) is 1. The normalized spacial score (nSPS) is 15.6. The number of halogens is 3. The van der Waals surface area contributed by atoms with E-state index in [-0.39, 0.29) is 23.9 Å². The first kappa shape index (κ1) is 32.0. The number of nitrogens with two attached hydrogens (primary N) is 1. The van der Waals surface area contributed by atoms with Crippen LogP contribution in [0.1, 0.15) is 53.6 Å². The number of aliphatic hydroxyl groups is 1. The fourth-order valence-corrected chi connectivity index (χ4v) is 5.62. The second-order valence-corrected chi connectivity index (χ2v) is 11.5. The lowest BCUT2D eigenvalue weighted by Gasteiger charge is -2.37. The minimum Gasteiger partial charge on any atom is -0.398 e. The lowest BCUT2D eigenvalue weighted by Crippen LogP contribution is -2.51. The molecule has 0 aliphatic heterocycles. The summed E-state index contributed by atoms with van der Waals surface area (Å²) in [5.41, 5.74) is 4.90. The van der Waals surface area contributed by atoms with Crippen molar-refractivity contribution in [3.63, 3.8) is 0 Å². The Morgan fingerprint density at radius 2 is 1.63 bits per heavy atom. The van der Waals surface area contributed by atoms with Crippen molar-refractivity contribution in [2.45, 2.75) is 50.3 Å². The topological polar surface area (TPSA) is 108 Å². The standard InChI is InChI=1S/C33H39F3N4O3/c1-40(2)17-16-38-30(41)25-11-7-10-24(19-25)23-9-6-8-22(18-23)21-32(43,26-12-4-3-5-13-26)31(42)39-27-14-15-29(37)28(20-27)33(34,35)36/h6-11,14-15,18-20,26,43H,3-5,12-13,16-17,21,37H2,1-2H3,(H,38,41)(H,39,42). The molecule has 0 saturated heterocycles. The molecule has 1 unspecified atom stereocenters. The quantitative estimate of drug-likeness (QED) is 0.224. The molecule has 0 bridgehead atoms. The third-order valence-corrected chi connectivity index (χ3v) is 7.99. The predicted octanol–water partition coefficient (Wildman–Crippen LogP) is 5.74. The van der Waals surface area contributed by atoms with Gasteiger partial charge in [-0.1, -0.05) is 55.7 Å². The fraction of sp³-hybridized carbons (Fsp3) is 0.394. The maximum Gasteiger partial charge on any atom is 0.418 e. The molecule has 5 N–H and O–H groups in total. The summed E-state index contributed by atoms with van der Waals surface area (Å²) < 4.78 is 40.3. The number of nitrogens with one attached hydrogen (secondary N) is 2. The van der Waals surface area contributed by atoms with E-state index in [1.807, 2.05) is 49.3 Å². The van der Waals surface area contributed by atoms with E-state index in [4.69, 9.17) is 5.73 Å². The molecule has 230 valence electrons. The van der Waals surface area contributed by atoms with Gasteiger partial charge in [0.25, 0.3) is 11.8 Å². The third kappa shape index (κ3) is 8.14. The third-order valence-electron chi connectivity index (χ3n) is 7.99. The molecule has 7 nitrogen and oxygen atoms in total. The zero-order valence-electron chi connectivity index (χ0n) is 24.5. The van der Waals surface area contributed by atoms with Gasteiger partial charge in [-0.2, -0.15) is 13.2 Å². The molecule has 1 saturated carbocycles. The molecular formula is C33H39F3N4O3. The van der Waals surface area contributed by atoms with E-state index >= 15 is 0 Å². The summed E-state index contributed by atoms with van der Waals surface area (Å²) >= 11 is 0. The van der Waals surface area contributed by atoms with Crippen LogP contribution in [-0.2, 0) is 17.4 Å². The molecule has 43 heavy (non-hydrogen) atoms. The Balaban J connectivity index is 1.59. The summed E-state index contributed by atoms with van der Waals surface area (Å²) in [5.74, 6) is -1.30. The number of alkyl halides is 3. The second kappa shape index (κ2) is 13.6. The number of nitrogens with zero attached hydrogens (tertiary/aromatic N) is 1. The summed E-state index contributed by atoms with van der Waals surface area (Å²) in [5, 5.41) is 17.4. The monoisotopic (exact) mass is 596 g/mol. The van der Waals surface area contributed by atoms with Gasteiger partial charge in [-0.3, -0.25) is 9.59 Å². The number of nitrogen functional groups attached to an aromatic ring is 1. The number of rotatable bonds is 10. The lowest BCUT2D eigenvalue weighted by molar-refractivity contribution is -0.142. The highest BCUT2D eigenvalue weighted by molar-refractivity contribution is 5.98. The average molecular weight is 597 g/mol. The molecule has 4 rings (SSSR count). The van der Waals surface area contributed by atoms with Crippen molar-refractivity contribution >= 4 is 23.2 Å². The van der Waals surface area contributed by atoms with Crippen molar-refractivity contribution in [2.24, 2.45) is 5.92 Å². The highest BCUT2D eigenvalue weighted by atomic mass is 19.4. The smallest absolute Gasteiger partial charge is 0.398 e. The van der Waals surface area contributed by atoms with Gasteiger partial charge in [-0.05, 0) is 79.9 Å². The molecule has 2 amide bonds. The molecule has 1 aliphatic carbocycles. The van der Waals surface area contributed by atoms with Crippen molar-refractivity contribution in [3.8, 4) is 11.1 Å². The van der Waals surface area contributed by atoms with Gasteiger partial charge in [0.2, 0.25) is 0 Å². The summed E-state index contributed by atoms with van der Waals surface area (Å²) in [4.78, 5) is 28.3. The van der Waals surface area contributed by atoms with Crippen LogP contribution in [0.3, 0.4) is 0 Å². The number of carbonyl (C=O) groups excluding carboxylic acids is 2.